The van der Waals surface area contributed by atoms with E-state index in [0.29, 0.717) is 0 Å². The summed E-state index contributed by atoms with van der Waals surface area (Å²) in [7, 11) is 0. The fourth-order valence-corrected chi connectivity index (χ4v) is 1.55. The minimum Gasteiger partial charge on any atom is -0.264 e. The van der Waals surface area contributed by atoms with E-state index in [4.69, 9.17) is 0 Å². The third-order valence-corrected chi connectivity index (χ3v) is 2.24. The highest BCUT2D eigenvalue weighted by atomic mass is 15.3. The number of hydrogen-bond acceptors (Lipinski definition) is 1. The monoisotopic (exact) mass is 194 g/mol. The van der Waals surface area contributed by atoms with Gasteiger partial charge in [-0.2, -0.15) is 5.10 Å². The molecule has 1 aromatic rings. The van der Waals surface area contributed by atoms with Gasteiger partial charge in [0.2, 0.25) is 0 Å². The molecule has 14 heavy (non-hydrogen) atoms. The van der Waals surface area contributed by atoms with Crippen molar-refractivity contribution in [2.75, 3.05) is 0 Å². The second kappa shape index (κ2) is 3.11. The quantitative estimate of drug-likeness (QED) is 0.620. The van der Waals surface area contributed by atoms with E-state index in [0.717, 1.165) is 5.69 Å². The molecule has 0 fully saturated rings. The maximum atomic E-state index is 4.57. The van der Waals surface area contributed by atoms with Gasteiger partial charge in [-0.15, -0.1) is 0 Å². The molecule has 0 bridgehead atoms. The molecule has 80 valence electrons. The van der Waals surface area contributed by atoms with Crippen LogP contribution in [0, 0.1) is 6.92 Å². The lowest BCUT2D eigenvalue weighted by Gasteiger charge is -2.28. The van der Waals surface area contributed by atoms with Crippen molar-refractivity contribution in [1.82, 2.24) is 9.78 Å². The first-order valence-corrected chi connectivity index (χ1v) is 5.20. The van der Waals surface area contributed by atoms with E-state index in [1.807, 2.05) is 0 Å². The van der Waals surface area contributed by atoms with Crippen molar-refractivity contribution in [1.29, 1.82) is 0 Å². The van der Waals surface area contributed by atoms with Gasteiger partial charge in [-0.25, -0.2) is 0 Å². The maximum absolute atomic E-state index is 4.57. The Hall–Kier alpha value is -0.790. The summed E-state index contributed by atoms with van der Waals surface area (Å²) in [6.45, 7) is 15.3. The molecule has 0 aliphatic heterocycles. The maximum Gasteiger partial charge on any atom is 0.0597 e. The van der Waals surface area contributed by atoms with E-state index < -0.39 is 0 Å². The molecule has 2 nitrogen and oxygen atoms in total. The molecule has 0 aliphatic carbocycles. The second-order valence-corrected chi connectivity index (χ2v) is 6.00. The first-order valence-electron chi connectivity index (χ1n) is 5.20. The third kappa shape index (κ3) is 2.17. The fourth-order valence-electron chi connectivity index (χ4n) is 1.55. The van der Waals surface area contributed by atoms with Gasteiger partial charge in [0.05, 0.1) is 11.2 Å². The van der Waals surface area contributed by atoms with Crippen molar-refractivity contribution < 1.29 is 0 Å². The molecular formula is C12H22N2. The van der Waals surface area contributed by atoms with E-state index >= 15 is 0 Å². The van der Waals surface area contributed by atoms with Crippen molar-refractivity contribution in [2.24, 2.45) is 0 Å². The zero-order valence-corrected chi connectivity index (χ0v) is 10.5. The van der Waals surface area contributed by atoms with Gasteiger partial charge < -0.3 is 0 Å². The van der Waals surface area contributed by atoms with Crippen LogP contribution in [0.5, 0.6) is 0 Å². The Kier molecular flexibility index (Phi) is 2.51. The van der Waals surface area contributed by atoms with Gasteiger partial charge in [-0.05, 0) is 33.8 Å². The Morgan fingerprint density at radius 1 is 1.07 bits per heavy atom. The summed E-state index contributed by atoms with van der Waals surface area (Å²) < 4.78 is 2.14. The first kappa shape index (κ1) is 11.3. The first-order chi connectivity index (χ1) is 6.12. The molecule has 0 aliphatic rings. The van der Waals surface area contributed by atoms with E-state index in [2.05, 4.69) is 64.3 Å². The summed E-state index contributed by atoms with van der Waals surface area (Å²) in [6, 6.07) is 2.19. The molecule has 0 amide bonds. The molecule has 2 heteroatoms. The Labute approximate surface area is 87.3 Å². The predicted octanol–water partition coefficient (Wildman–Crippen LogP) is 3.24. The van der Waals surface area contributed by atoms with Gasteiger partial charge in [0.1, 0.15) is 0 Å². The number of hydrogen-bond donors (Lipinski definition) is 0. The highest BCUT2D eigenvalue weighted by molar-refractivity contribution is 5.18. The lowest BCUT2D eigenvalue weighted by molar-refractivity contribution is 0.321. The van der Waals surface area contributed by atoms with Gasteiger partial charge in [-0.3, -0.25) is 4.68 Å². The minimum atomic E-state index is 0.0663. The number of aromatic nitrogens is 2. The van der Waals surface area contributed by atoms with E-state index in [9.17, 15) is 0 Å². The van der Waals surface area contributed by atoms with Crippen LogP contribution in [-0.4, -0.2) is 9.78 Å². The van der Waals surface area contributed by atoms with Crippen LogP contribution in [-0.2, 0) is 11.0 Å². The molecule has 0 N–H and O–H groups in total. The van der Waals surface area contributed by atoms with Crippen molar-refractivity contribution in [3.63, 3.8) is 0 Å². The predicted molar refractivity (Wildman–Crippen MR) is 60.7 cm³/mol. The summed E-state index contributed by atoms with van der Waals surface area (Å²) in [5.41, 5.74) is 2.64. The van der Waals surface area contributed by atoms with E-state index in [1.165, 1.54) is 5.69 Å². The highest BCUT2D eigenvalue weighted by Crippen LogP contribution is 2.27. The summed E-state index contributed by atoms with van der Waals surface area (Å²) in [6.07, 6.45) is 0. The fraction of sp³-hybridized carbons (Fsp3) is 0.750. The SMILES string of the molecule is Cc1cc(C(C)(C)C)n(C(C)(C)C)n1. The number of aryl methyl sites for hydroxylation is 1. The summed E-state index contributed by atoms with van der Waals surface area (Å²) in [5, 5.41) is 4.57. The van der Waals surface area contributed by atoms with Gasteiger partial charge in [-0.1, -0.05) is 20.8 Å². The topological polar surface area (TPSA) is 17.8 Å². The van der Waals surface area contributed by atoms with Crippen LogP contribution >= 0.6 is 0 Å². The minimum absolute atomic E-state index is 0.0663. The highest BCUT2D eigenvalue weighted by Gasteiger charge is 2.25. The van der Waals surface area contributed by atoms with E-state index in [-0.39, 0.29) is 11.0 Å². The Morgan fingerprint density at radius 3 is 1.86 bits per heavy atom. The van der Waals surface area contributed by atoms with Crippen LogP contribution in [0.3, 0.4) is 0 Å². The molecule has 0 radical (unpaired) electrons. The molecule has 1 heterocycles. The average Bonchev–Trinajstić information content (AvgIpc) is 2.27. The molecule has 0 unspecified atom stereocenters. The van der Waals surface area contributed by atoms with Gasteiger partial charge >= 0.3 is 0 Å². The second-order valence-electron chi connectivity index (χ2n) is 6.00. The Bertz CT molecular complexity index is 290. The van der Waals surface area contributed by atoms with Crippen LogP contribution in [0.4, 0.5) is 0 Å². The molecule has 0 spiro atoms. The largest absolute Gasteiger partial charge is 0.264 e. The molecule has 1 rings (SSSR count). The normalized spacial score (nSPS) is 13.4. The van der Waals surface area contributed by atoms with Gasteiger partial charge in [0.15, 0.2) is 0 Å². The van der Waals surface area contributed by atoms with Crippen molar-refractivity contribution in [3.8, 4) is 0 Å². The van der Waals surface area contributed by atoms with Crippen molar-refractivity contribution in [3.05, 3.63) is 17.5 Å². The summed E-state index contributed by atoms with van der Waals surface area (Å²) >= 11 is 0. The van der Waals surface area contributed by atoms with Crippen molar-refractivity contribution in [2.45, 2.75) is 59.4 Å². The average molecular weight is 194 g/mol. The molecule has 0 saturated heterocycles. The lowest BCUT2D eigenvalue weighted by Crippen LogP contribution is -2.30. The molecule has 1 aromatic heterocycles. The smallest absolute Gasteiger partial charge is 0.0597 e. The van der Waals surface area contributed by atoms with E-state index in [1.54, 1.807) is 0 Å². The molecule has 0 aromatic carbocycles. The lowest BCUT2D eigenvalue weighted by atomic mass is 9.90. The van der Waals surface area contributed by atoms with Gasteiger partial charge in [0, 0.05) is 11.1 Å². The zero-order valence-electron chi connectivity index (χ0n) is 10.5. The number of rotatable bonds is 0. The van der Waals surface area contributed by atoms with Crippen LogP contribution in [0.1, 0.15) is 52.9 Å². The van der Waals surface area contributed by atoms with Gasteiger partial charge in [0.25, 0.3) is 0 Å². The van der Waals surface area contributed by atoms with Crippen LogP contribution in [0.15, 0.2) is 6.07 Å². The molecule has 0 atom stereocenters. The summed E-state index contributed by atoms with van der Waals surface area (Å²) in [4.78, 5) is 0. The molecular weight excluding hydrogens is 172 g/mol. The van der Waals surface area contributed by atoms with Crippen LogP contribution < -0.4 is 0 Å². The zero-order chi connectivity index (χ0) is 11.1. The Morgan fingerprint density at radius 2 is 1.57 bits per heavy atom. The summed E-state index contributed by atoms with van der Waals surface area (Å²) in [5.74, 6) is 0. The van der Waals surface area contributed by atoms with Crippen LogP contribution in [0.2, 0.25) is 0 Å². The Balaban J connectivity index is 3.31. The standard InChI is InChI=1S/C12H22N2/c1-9-8-10(11(2,3)4)14(13-9)12(5,6)7/h8H,1-7H3. The van der Waals surface area contributed by atoms with Crippen LogP contribution in [0.25, 0.3) is 0 Å². The molecule has 0 saturated carbocycles. The third-order valence-electron chi connectivity index (χ3n) is 2.24. The van der Waals surface area contributed by atoms with Crippen molar-refractivity contribution >= 4 is 0 Å². The number of nitrogens with zero attached hydrogens (tertiary/aromatic N) is 2.